The van der Waals surface area contributed by atoms with Gasteiger partial charge in [0.05, 0.1) is 6.61 Å². The Morgan fingerprint density at radius 2 is 2.07 bits per heavy atom. The van der Waals surface area contributed by atoms with E-state index in [0.717, 1.165) is 13.0 Å². The van der Waals surface area contributed by atoms with E-state index in [9.17, 15) is 0 Å². The van der Waals surface area contributed by atoms with Gasteiger partial charge in [-0.25, -0.2) is 4.98 Å². The maximum absolute atomic E-state index is 5.85. The fourth-order valence-corrected chi connectivity index (χ4v) is 1.54. The third-order valence-corrected chi connectivity index (χ3v) is 2.51. The number of rotatable bonds is 7. The molecule has 0 N–H and O–H groups in total. The molecule has 0 aromatic carbocycles. The van der Waals surface area contributed by atoms with E-state index in [1.807, 2.05) is 12.1 Å². The van der Waals surface area contributed by atoms with E-state index in [1.54, 1.807) is 6.20 Å². The zero-order chi connectivity index (χ0) is 10.9. The molecule has 2 nitrogen and oxygen atoms in total. The summed E-state index contributed by atoms with van der Waals surface area (Å²) in [5, 5.41) is 0.450. The summed E-state index contributed by atoms with van der Waals surface area (Å²) >= 11 is 5.85. The van der Waals surface area contributed by atoms with Gasteiger partial charge in [0.25, 0.3) is 0 Å². The average molecular weight is 228 g/mol. The highest BCUT2D eigenvalue weighted by molar-refractivity contribution is 6.30. The number of unbranched alkanes of at least 4 members (excludes halogenated alkanes) is 4. The van der Waals surface area contributed by atoms with E-state index in [0.29, 0.717) is 10.9 Å². The number of hydrogen-bond donors (Lipinski definition) is 0. The molecule has 0 aliphatic heterocycles. The van der Waals surface area contributed by atoms with Crippen molar-refractivity contribution < 1.29 is 4.74 Å². The quantitative estimate of drug-likeness (QED) is 0.517. The Kier molecular flexibility index (Phi) is 6.17. The van der Waals surface area contributed by atoms with Crippen LogP contribution in [0.5, 0.6) is 5.75 Å². The van der Waals surface area contributed by atoms with Gasteiger partial charge in [0.1, 0.15) is 0 Å². The van der Waals surface area contributed by atoms with Crippen LogP contribution in [0.3, 0.4) is 0 Å². The number of pyridine rings is 1. The van der Waals surface area contributed by atoms with E-state index >= 15 is 0 Å². The first-order chi connectivity index (χ1) is 7.34. The number of nitrogens with zero attached hydrogens (tertiary/aromatic N) is 1. The molecule has 15 heavy (non-hydrogen) atoms. The molecule has 0 fully saturated rings. The van der Waals surface area contributed by atoms with Crippen molar-refractivity contribution in [2.45, 2.75) is 39.0 Å². The van der Waals surface area contributed by atoms with E-state index in [-0.39, 0.29) is 0 Å². The van der Waals surface area contributed by atoms with Crippen molar-refractivity contribution in [3.05, 3.63) is 23.5 Å². The topological polar surface area (TPSA) is 22.1 Å². The van der Waals surface area contributed by atoms with Crippen LogP contribution in [0, 0.1) is 0 Å². The first kappa shape index (κ1) is 12.3. The summed E-state index contributed by atoms with van der Waals surface area (Å²) in [5.74, 6) is 0.689. The fourth-order valence-electron chi connectivity index (χ4n) is 1.37. The minimum atomic E-state index is 0.450. The Morgan fingerprint density at radius 3 is 2.80 bits per heavy atom. The second-order valence-corrected chi connectivity index (χ2v) is 3.91. The zero-order valence-corrected chi connectivity index (χ0v) is 9.96. The molecule has 1 rings (SSSR count). The number of aromatic nitrogens is 1. The molecular formula is C12H18ClNO. The van der Waals surface area contributed by atoms with Gasteiger partial charge >= 0.3 is 0 Å². The van der Waals surface area contributed by atoms with Gasteiger partial charge in [-0.15, -0.1) is 0 Å². The molecule has 1 aromatic heterocycles. The van der Waals surface area contributed by atoms with Crippen molar-refractivity contribution in [1.82, 2.24) is 4.98 Å². The van der Waals surface area contributed by atoms with Crippen molar-refractivity contribution in [2.24, 2.45) is 0 Å². The van der Waals surface area contributed by atoms with Gasteiger partial charge in [-0.2, -0.15) is 0 Å². The van der Waals surface area contributed by atoms with Crippen LogP contribution in [-0.4, -0.2) is 11.6 Å². The molecule has 0 bridgehead atoms. The summed E-state index contributed by atoms with van der Waals surface area (Å²) in [6.07, 6.45) is 7.86. The molecule has 3 heteroatoms. The summed E-state index contributed by atoms with van der Waals surface area (Å²) in [6, 6.07) is 3.68. The third-order valence-electron chi connectivity index (χ3n) is 2.23. The zero-order valence-electron chi connectivity index (χ0n) is 9.21. The molecule has 0 aliphatic carbocycles. The first-order valence-electron chi connectivity index (χ1n) is 5.58. The van der Waals surface area contributed by atoms with Crippen LogP contribution >= 0.6 is 11.6 Å². The van der Waals surface area contributed by atoms with Crippen LogP contribution in [0.1, 0.15) is 39.0 Å². The molecule has 1 heterocycles. The van der Waals surface area contributed by atoms with Gasteiger partial charge in [0, 0.05) is 6.20 Å². The Bertz CT molecular complexity index is 278. The van der Waals surface area contributed by atoms with Crippen molar-refractivity contribution in [3.8, 4) is 5.75 Å². The lowest BCUT2D eigenvalue weighted by Crippen LogP contribution is -1.98. The third kappa shape index (κ3) is 5.03. The van der Waals surface area contributed by atoms with Gasteiger partial charge in [-0.1, -0.05) is 44.2 Å². The summed E-state index contributed by atoms with van der Waals surface area (Å²) in [6.45, 7) is 2.95. The minimum absolute atomic E-state index is 0.450. The highest BCUT2D eigenvalue weighted by Crippen LogP contribution is 2.20. The Balaban J connectivity index is 2.12. The molecule has 0 unspecified atom stereocenters. The number of halogens is 1. The SMILES string of the molecule is CCCCCCCOc1cccnc1Cl. The van der Waals surface area contributed by atoms with Crippen molar-refractivity contribution in [3.63, 3.8) is 0 Å². The lowest BCUT2D eigenvalue weighted by Gasteiger charge is -2.06. The predicted octanol–water partition coefficient (Wildman–Crippen LogP) is 4.08. The van der Waals surface area contributed by atoms with Crippen molar-refractivity contribution >= 4 is 11.6 Å². The smallest absolute Gasteiger partial charge is 0.171 e. The molecule has 0 spiro atoms. The number of ether oxygens (including phenoxy) is 1. The molecule has 1 aromatic rings. The standard InChI is InChI=1S/C12H18ClNO/c1-2-3-4-5-6-10-15-11-8-7-9-14-12(11)13/h7-9H,2-6,10H2,1H3. The molecule has 84 valence electrons. The largest absolute Gasteiger partial charge is 0.490 e. The summed E-state index contributed by atoms with van der Waals surface area (Å²) in [4.78, 5) is 3.95. The molecule has 0 radical (unpaired) electrons. The molecule has 0 saturated heterocycles. The normalized spacial score (nSPS) is 10.3. The molecule has 0 amide bonds. The van der Waals surface area contributed by atoms with E-state index in [2.05, 4.69) is 11.9 Å². The molecule has 0 atom stereocenters. The van der Waals surface area contributed by atoms with Crippen molar-refractivity contribution in [2.75, 3.05) is 6.61 Å². The van der Waals surface area contributed by atoms with E-state index in [1.165, 1.54) is 25.7 Å². The van der Waals surface area contributed by atoms with Gasteiger partial charge in [0.15, 0.2) is 10.9 Å². The van der Waals surface area contributed by atoms with E-state index in [4.69, 9.17) is 16.3 Å². The summed E-state index contributed by atoms with van der Waals surface area (Å²) in [5.41, 5.74) is 0. The van der Waals surface area contributed by atoms with Gasteiger partial charge in [-0.3, -0.25) is 0 Å². The van der Waals surface area contributed by atoms with Crippen LogP contribution in [-0.2, 0) is 0 Å². The molecular weight excluding hydrogens is 210 g/mol. The Labute approximate surface area is 96.6 Å². The second kappa shape index (κ2) is 7.52. The van der Waals surface area contributed by atoms with Crippen LogP contribution < -0.4 is 4.74 Å². The monoisotopic (exact) mass is 227 g/mol. The van der Waals surface area contributed by atoms with Crippen LogP contribution in [0.2, 0.25) is 5.15 Å². The highest BCUT2D eigenvalue weighted by atomic mass is 35.5. The second-order valence-electron chi connectivity index (χ2n) is 3.56. The van der Waals surface area contributed by atoms with Crippen LogP contribution in [0.15, 0.2) is 18.3 Å². The predicted molar refractivity (Wildman–Crippen MR) is 63.5 cm³/mol. The maximum Gasteiger partial charge on any atom is 0.171 e. The number of hydrogen-bond acceptors (Lipinski definition) is 2. The van der Waals surface area contributed by atoms with Gasteiger partial charge in [-0.05, 0) is 18.6 Å². The lowest BCUT2D eigenvalue weighted by molar-refractivity contribution is 0.303. The maximum atomic E-state index is 5.85. The van der Waals surface area contributed by atoms with Gasteiger partial charge < -0.3 is 4.74 Å². The summed E-state index contributed by atoms with van der Waals surface area (Å²) < 4.78 is 5.52. The Morgan fingerprint density at radius 1 is 1.27 bits per heavy atom. The molecule has 0 aliphatic rings. The molecule has 0 saturated carbocycles. The Hall–Kier alpha value is -0.760. The minimum Gasteiger partial charge on any atom is -0.490 e. The first-order valence-corrected chi connectivity index (χ1v) is 5.95. The highest BCUT2D eigenvalue weighted by Gasteiger charge is 1.99. The summed E-state index contributed by atoms with van der Waals surface area (Å²) in [7, 11) is 0. The van der Waals surface area contributed by atoms with Crippen molar-refractivity contribution in [1.29, 1.82) is 0 Å². The fraction of sp³-hybridized carbons (Fsp3) is 0.583. The van der Waals surface area contributed by atoms with E-state index < -0.39 is 0 Å². The average Bonchev–Trinajstić information content (AvgIpc) is 2.25. The van der Waals surface area contributed by atoms with Crippen LogP contribution in [0.25, 0.3) is 0 Å². The van der Waals surface area contributed by atoms with Gasteiger partial charge in [0.2, 0.25) is 0 Å². The van der Waals surface area contributed by atoms with Crippen LogP contribution in [0.4, 0.5) is 0 Å². The lowest BCUT2D eigenvalue weighted by atomic mass is 10.2.